The van der Waals surface area contributed by atoms with E-state index in [2.05, 4.69) is 10.6 Å². The Hall–Kier alpha value is -1.57. The van der Waals surface area contributed by atoms with Gasteiger partial charge in [0.15, 0.2) is 0 Å². The van der Waals surface area contributed by atoms with Crippen molar-refractivity contribution < 1.29 is 14.3 Å². The van der Waals surface area contributed by atoms with Crippen LogP contribution in [0.3, 0.4) is 0 Å². The lowest BCUT2D eigenvalue weighted by Gasteiger charge is -2.13. The lowest BCUT2D eigenvalue weighted by Crippen LogP contribution is -2.31. The average molecular weight is 359 g/mol. The van der Waals surface area contributed by atoms with Gasteiger partial charge in [-0.15, -0.1) is 22.7 Å². The average Bonchev–Trinajstić information content (AvgIpc) is 3.04. The summed E-state index contributed by atoms with van der Waals surface area (Å²) in [5.41, 5.74) is 0.354. The van der Waals surface area contributed by atoms with Crippen LogP contribution >= 0.6 is 34.3 Å². The van der Waals surface area contributed by atoms with Crippen LogP contribution in [0.2, 0.25) is 4.34 Å². The number of methoxy groups -OCH3 is 1. The van der Waals surface area contributed by atoms with Crippen molar-refractivity contribution in [3.05, 3.63) is 37.9 Å². The Morgan fingerprint density at radius 1 is 1.32 bits per heavy atom. The molecule has 0 fully saturated rings. The van der Waals surface area contributed by atoms with Gasteiger partial charge in [-0.2, -0.15) is 0 Å². The number of hydrogen-bond acceptors (Lipinski definition) is 5. The number of carbonyl (C=O) groups is 2. The zero-order chi connectivity index (χ0) is 16.3. The van der Waals surface area contributed by atoms with Crippen LogP contribution in [0, 0.1) is 6.92 Å². The van der Waals surface area contributed by atoms with Gasteiger partial charge in [-0.25, -0.2) is 9.59 Å². The summed E-state index contributed by atoms with van der Waals surface area (Å²) in [4.78, 5) is 25.6. The normalized spacial score (nSPS) is 11.8. The first-order valence-corrected chi connectivity index (χ1v) is 8.43. The molecular weight excluding hydrogens is 344 g/mol. The maximum absolute atomic E-state index is 12.1. The third-order valence-corrected chi connectivity index (χ3v) is 5.24. The van der Waals surface area contributed by atoms with Crippen molar-refractivity contribution in [1.29, 1.82) is 0 Å². The zero-order valence-corrected chi connectivity index (χ0v) is 14.6. The number of esters is 1. The first-order valence-electron chi connectivity index (χ1n) is 6.42. The van der Waals surface area contributed by atoms with Crippen molar-refractivity contribution >= 4 is 51.3 Å². The number of carbonyl (C=O) groups excluding carboxylic acids is 2. The summed E-state index contributed by atoms with van der Waals surface area (Å²) < 4.78 is 5.38. The SMILES string of the molecule is COC(=O)c1cc(C)sc1NC(=O)N[C@H](C)c1ccc(Cl)s1. The van der Waals surface area contributed by atoms with Crippen LogP contribution in [-0.4, -0.2) is 19.1 Å². The molecule has 0 aromatic carbocycles. The van der Waals surface area contributed by atoms with Gasteiger partial charge in [-0.05, 0) is 32.0 Å². The summed E-state index contributed by atoms with van der Waals surface area (Å²) in [6, 6.07) is 4.78. The highest BCUT2D eigenvalue weighted by Crippen LogP contribution is 2.29. The lowest BCUT2D eigenvalue weighted by atomic mass is 10.3. The van der Waals surface area contributed by atoms with Gasteiger partial charge in [0.2, 0.25) is 0 Å². The third-order valence-electron chi connectivity index (χ3n) is 2.86. The van der Waals surface area contributed by atoms with Crippen molar-refractivity contribution in [3.63, 3.8) is 0 Å². The molecule has 0 saturated heterocycles. The summed E-state index contributed by atoms with van der Waals surface area (Å²) in [7, 11) is 1.31. The Morgan fingerprint density at radius 3 is 2.64 bits per heavy atom. The van der Waals surface area contributed by atoms with Crippen LogP contribution < -0.4 is 10.6 Å². The van der Waals surface area contributed by atoms with E-state index in [0.29, 0.717) is 14.9 Å². The Labute approximate surface area is 141 Å². The van der Waals surface area contributed by atoms with E-state index in [0.717, 1.165) is 9.75 Å². The van der Waals surface area contributed by atoms with Crippen molar-refractivity contribution in [3.8, 4) is 0 Å². The van der Waals surface area contributed by atoms with Crippen molar-refractivity contribution in [2.24, 2.45) is 0 Å². The van der Waals surface area contributed by atoms with Gasteiger partial charge in [0, 0.05) is 9.75 Å². The van der Waals surface area contributed by atoms with Crippen LogP contribution in [0.25, 0.3) is 0 Å². The van der Waals surface area contributed by atoms with E-state index in [4.69, 9.17) is 16.3 Å². The first-order chi connectivity index (χ1) is 10.4. The molecule has 2 rings (SSSR count). The van der Waals surface area contributed by atoms with Crippen LogP contribution in [0.4, 0.5) is 9.80 Å². The number of thiophene rings is 2. The van der Waals surface area contributed by atoms with E-state index in [-0.39, 0.29) is 12.1 Å². The number of urea groups is 1. The molecule has 8 heteroatoms. The van der Waals surface area contributed by atoms with E-state index >= 15 is 0 Å². The number of anilines is 1. The van der Waals surface area contributed by atoms with Gasteiger partial charge in [-0.3, -0.25) is 5.32 Å². The van der Waals surface area contributed by atoms with Gasteiger partial charge in [0.05, 0.1) is 23.1 Å². The molecule has 0 unspecified atom stereocenters. The highest BCUT2D eigenvalue weighted by atomic mass is 35.5. The second-order valence-corrected chi connectivity index (χ2v) is 7.56. The highest BCUT2D eigenvalue weighted by molar-refractivity contribution is 7.16. The summed E-state index contributed by atoms with van der Waals surface area (Å²) in [5.74, 6) is -0.474. The van der Waals surface area contributed by atoms with Crippen molar-refractivity contribution in [2.75, 3.05) is 12.4 Å². The van der Waals surface area contributed by atoms with Gasteiger partial charge < -0.3 is 10.1 Å². The Morgan fingerprint density at radius 2 is 2.05 bits per heavy atom. The second kappa shape index (κ2) is 7.13. The largest absolute Gasteiger partial charge is 0.465 e. The number of aryl methyl sites for hydroxylation is 1. The van der Waals surface area contributed by atoms with Crippen molar-refractivity contribution in [2.45, 2.75) is 19.9 Å². The molecule has 0 saturated carbocycles. The second-order valence-electron chi connectivity index (χ2n) is 4.55. The maximum atomic E-state index is 12.1. The van der Waals surface area contributed by atoms with Gasteiger partial charge in [0.25, 0.3) is 0 Å². The molecule has 0 aliphatic heterocycles. The molecule has 2 amide bonds. The van der Waals surface area contributed by atoms with Crippen LogP contribution in [0.1, 0.15) is 33.1 Å². The predicted molar refractivity (Wildman–Crippen MR) is 90.3 cm³/mol. The molecule has 0 spiro atoms. The smallest absolute Gasteiger partial charge is 0.340 e. The molecule has 118 valence electrons. The molecule has 2 aromatic heterocycles. The van der Waals surface area contributed by atoms with Crippen molar-refractivity contribution in [1.82, 2.24) is 5.32 Å². The zero-order valence-electron chi connectivity index (χ0n) is 12.2. The molecule has 2 aromatic rings. The van der Waals surface area contributed by atoms with Crippen LogP contribution in [-0.2, 0) is 4.74 Å². The summed E-state index contributed by atoms with van der Waals surface area (Å²) in [6.07, 6.45) is 0. The van der Waals surface area contributed by atoms with E-state index in [9.17, 15) is 9.59 Å². The molecule has 22 heavy (non-hydrogen) atoms. The third kappa shape index (κ3) is 4.00. The van der Waals surface area contributed by atoms with Gasteiger partial charge in [-0.1, -0.05) is 11.6 Å². The summed E-state index contributed by atoms with van der Waals surface area (Å²) in [5, 5.41) is 5.97. The molecule has 0 aliphatic rings. The molecule has 2 heterocycles. The van der Waals surface area contributed by atoms with E-state index in [1.807, 2.05) is 19.9 Å². The van der Waals surface area contributed by atoms with E-state index in [1.54, 1.807) is 12.1 Å². The van der Waals surface area contributed by atoms with Gasteiger partial charge >= 0.3 is 12.0 Å². The minimum absolute atomic E-state index is 0.180. The fourth-order valence-corrected chi connectivity index (χ4v) is 3.79. The Balaban J connectivity index is 2.04. The molecule has 2 N–H and O–H groups in total. The van der Waals surface area contributed by atoms with Crippen LogP contribution in [0.5, 0.6) is 0 Å². The lowest BCUT2D eigenvalue weighted by molar-refractivity contribution is 0.0602. The number of amides is 2. The predicted octanol–water partition coefficient (Wildman–Crippen LogP) is 4.44. The van der Waals surface area contributed by atoms with Gasteiger partial charge in [0.1, 0.15) is 5.00 Å². The first kappa shape index (κ1) is 16.8. The minimum Gasteiger partial charge on any atom is -0.465 e. The minimum atomic E-state index is -0.474. The number of halogens is 1. The molecule has 5 nitrogen and oxygen atoms in total. The topological polar surface area (TPSA) is 67.4 Å². The maximum Gasteiger partial charge on any atom is 0.340 e. The fraction of sp³-hybridized carbons (Fsp3) is 0.286. The quantitative estimate of drug-likeness (QED) is 0.794. The molecular formula is C14H15ClN2O3S2. The summed E-state index contributed by atoms with van der Waals surface area (Å²) >= 11 is 8.62. The highest BCUT2D eigenvalue weighted by Gasteiger charge is 2.18. The number of nitrogens with one attached hydrogen (secondary N) is 2. The van der Waals surface area contributed by atoms with E-state index in [1.165, 1.54) is 29.8 Å². The Kier molecular flexibility index (Phi) is 5.44. The summed E-state index contributed by atoms with van der Waals surface area (Å²) in [6.45, 7) is 3.72. The number of hydrogen-bond donors (Lipinski definition) is 2. The van der Waals surface area contributed by atoms with Crippen LogP contribution in [0.15, 0.2) is 18.2 Å². The fourth-order valence-electron chi connectivity index (χ4n) is 1.84. The molecule has 1 atom stereocenters. The number of ether oxygens (including phenoxy) is 1. The monoisotopic (exact) mass is 358 g/mol. The standard InChI is InChI=1S/C14H15ClN2O3S2/c1-7-6-9(13(18)20-3)12(21-7)17-14(19)16-8(2)10-4-5-11(15)22-10/h4-6,8H,1-3H3,(H2,16,17,19)/t8-/m1/s1. The molecule has 0 aliphatic carbocycles. The Bertz CT molecular complexity index is 696. The molecule has 0 radical (unpaired) electrons. The molecule has 0 bridgehead atoms. The number of rotatable bonds is 4. The van der Waals surface area contributed by atoms with E-state index < -0.39 is 5.97 Å².